The van der Waals surface area contributed by atoms with Crippen molar-refractivity contribution in [2.45, 2.75) is 45.3 Å². The Kier molecular flexibility index (Phi) is 6.52. The molecule has 0 spiro atoms. The second-order valence-electron chi connectivity index (χ2n) is 6.94. The summed E-state index contributed by atoms with van der Waals surface area (Å²) in [5.74, 6) is 1.09. The van der Waals surface area contributed by atoms with Crippen molar-refractivity contribution in [1.82, 2.24) is 20.1 Å². The van der Waals surface area contributed by atoms with E-state index in [2.05, 4.69) is 54.5 Å². The van der Waals surface area contributed by atoms with Crippen LogP contribution in [0.1, 0.15) is 31.4 Å². The van der Waals surface area contributed by atoms with Crippen LogP contribution in [0.25, 0.3) is 17.1 Å². The Morgan fingerprint density at radius 1 is 1.11 bits per heavy atom. The molecule has 0 unspecified atom stereocenters. The van der Waals surface area contributed by atoms with E-state index in [0.29, 0.717) is 10.9 Å². The van der Waals surface area contributed by atoms with Crippen molar-refractivity contribution >= 4 is 17.7 Å². The van der Waals surface area contributed by atoms with E-state index in [1.807, 2.05) is 41.8 Å². The predicted molar refractivity (Wildman–Crippen MR) is 115 cm³/mol. The number of carbonyl (C=O) groups is 1. The summed E-state index contributed by atoms with van der Waals surface area (Å²) >= 11 is 1.40. The van der Waals surface area contributed by atoms with Crippen LogP contribution in [-0.2, 0) is 4.79 Å². The summed E-state index contributed by atoms with van der Waals surface area (Å²) in [4.78, 5) is 12.2. The molecule has 0 saturated heterocycles. The van der Waals surface area contributed by atoms with Gasteiger partial charge in [0, 0.05) is 17.3 Å². The molecule has 146 valence electrons. The Morgan fingerprint density at radius 3 is 2.54 bits per heavy atom. The highest BCUT2D eigenvalue weighted by Crippen LogP contribution is 2.28. The average molecular weight is 395 g/mol. The van der Waals surface area contributed by atoms with Gasteiger partial charge in [-0.25, -0.2) is 0 Å². The van der Waals surface area contributed by atoms with Crippen molar-refractivity contribution < 1.29 is 4.79 Å². The lowest BCUT2D eigenvalue weighted by Crippen LogP contribution is -2.33. The third-order valence-electron chi connectivity index (χ3n) is 4.76. The van der Waals surface area contributed by atoms with Crippen molar-refractivity contribution in [2.24, 2.45) is 0 Å². The molecule has 1 heterocycles. The van der Waals surface area contributed by atoms with Crippen molar-refractivity contribution in [3.63, 3.8) is 0 Å². The van der Waals surface area contributed by atoms with Gasteiger partial charge in [0.25, 0.3) is 0 Å². The largest absolute Gasteiger partial charge is 0.353 e. The standard InChI is InChI=1S/C22H26N4OS/c1-5-17(4)23-20(27)14-28-22-25-24-21(18-12-11-15(2)16(3)13-18)26(22)19-9-7-6-8-10-19/h6-13,17H,5,14H2,1-4H3,(H,23,27)/t17-/m1/s1. The first kappa shape index (κ1) is 20.1. The molecule has 1 N–H and O–H groups in total. The van der Waals surface area contributed by atoms with Crippen LogP contribution in [0, 0.1) is 13.8 Å². The molecule has 28 heavy (non-hydrogen) atoms. The zero-order valence-electron chi connectivity index (χ0n) is 16.8. The van der Waals surface area contributed by atoms with Gasteiger partial charge in [-0.15, -0.1) is 10.2 Å². The number of aromatic nitrogens is 3. The van der Waals surface area contributed by atoms with Crippen LogP contribution in [0.4, 0.5) is 0 Å². The minimum Gasteiger partial charge on any atom is -0.353 e. The molecule has 1 amide bonds. The molecule has 0 fully saturated rings. The normalized spacial score (nSPS) is 12.0. The number of benzene rings is 2. The van der Waals surface area contributed by atoms with Crippen molar-refractivity contribution in [2.75, 3.05) is 5.75 Å². The van der Waals surface area contributed by atoms with Gasteiger partial charge in [0.1, 0.15) is 0 Å². The van der Waals surface area contributed by atoms with Crippen LogP contribution < -0.4 is 5.32 Å². The van der Waals surface area contributed by atoms with Crippen LogP contribution in [0.2, 0.25) is 0 Å². The monoisotopic (exact) mass is 394 g/mol. The fourth-order valence-electron chi connectivity index (χ4n) is 2.79. The molecule has 0 aliphatic heterocycles. The lowest BCUT2D eigenvalue weighted by atomic mass is 10.1. The zero-order valence-corrected chi connectivity index (χ0v) is 17.6. The molecule has 0 saturated carbocycles. The Morgan fingerprint density at radius 2 is 1.86 bits per heavy atom. The van der Waals surface area contributed by atoms with Crippen molar-refractivity contribution in [3.8, 4) is 17.1 Å². The summed E-state index contributed by atoms with van der Waals surface area (Å²) < 4.78 is 2.02. The van der Waals surface area contributed by atoms with E-state index >= 15 is 0 Å². The first-order valence-electron chi connectivity index (χ1n) is 9.50. The maximum Gasteiger partial charge on any atom is 0.230 e. The number of nitrogens with one attached hydrogen (secondary N) is 1. The third kappa shape index (κ3) is 4.62. The summed E-state index contributed by atoms with van der Waals surface area (Å²) in [5.41, 5.74) is 4.44. The third-order valence-corrected chi connectivity index (χ3v) is 5.69. The van der Waals surface area contributed by atoms with Gasteiger partial charge >= 0.3 is 0 Å². The molecule has 1 atom stereocenters. The number of nitrogens with zero attached hydrogens (tertiary/aromatic N) is 3. The molecule has 3 rings (SSSR count). The van der Waals surface area contributed by atoms with Gasteiger partial charge in [0.2, 0.25) is 5.91 Å². The first-order chi connectivity index (χ1) is 13.5. The fourth-order valence-corrected chi connectivity index (χ4v) is 3.55. The van der Waals surface area contributed by atoms with Crippen LogP contribution in [0.3, 0.4) is 0 Å². The van der Waals surface area contributed by atoms with E-state index in [1.165, 1.54) is 22.9 Å². The number of amides is 1. The lowest BCUT2D eigenvalue weighted by molar-refractivity contribution is -0.119. The molecule has 0 bridgehead atoms. The van der Waals surface area contributed by atoms with Gasteiger partial charge in [0.15, 0.2) is 11.0 Å². The van der Waals surface area contributed by atoms with Gasteiger partial charge in [0.05, 0.1) is 5.75 Å². The maximum atomic E-state index is 12.2. The minimum absolute atomic E-state index is 0.00897. The number of carbonyl (C=O) groups excluding carboxylic acids is 1. The molecular formula is C22H26N4OS. The zero-order chi connectivity index (χ0) is 20.1. The SMILES string of the molecule is CC[C@@H](C)NC(=O)CSc1nnc(-c2ccc(C)c(C)c2)n1-c1ccccc1. The molecule has 5 nitrogen and oxygen atoms in total. The first-order valence-corrected chi connectivity index (χ1v) is 10.5. The summed E-state index contributed by atoms with van der Waals surface area (Å²) in [5, 5.41) is 12.5. The fraction of sp³-hybridized carbons (Fsp3) is 0.318. The Balaban J connectivity index is 1.94. The van der Waals surface area contributed by atoms with Gasteiger partial charge in [-0.05, 0) is 56.5 Å². The van der Waals surface area contributed by atoms with E-state index < -0.39 is 0 Å². The number of thioether (sulfide) groups is 1. The van der Waals surface area contributed by atoms with Crippen molar-refractivity contribution in [3.05, 3.63) is 59.7 Å². The van der Waals surface area contributed by atoms with E-state index in [1.54, 1.807) is 0 Å². The van der Waals surface area contributed by atoms with E-state index in [0.717, 1.165) is 23.5 Å². The summed E-state index contributed by atoms with van der Waals surface area (Å²) in [7, 11) is 0. The van der Waals surface area contributed by atoms with Gasteiger partial charge < -0.3 is 5.32 Å². The molecule has 0 aliphatic carbocycles. The highest BCUT2D eigenvalue weighted by molar-refractivity contribution is 7.99. The Bertz CT molecular complexity index is 952. The average Bonchev–Trinajstić information content (AvgIpc) is 3.13. The van der Waals surface area contributed by atoms with Crippen LogP contribution in [0.5, 0.6) is 0 Å². The molecule has 0 aliphatic rings. The molecule has 1 aromatic heterocycles. The number of hydrogen-bond donors (Lipinski definition) is 1. The van der Waals surface area contributed by atoms with Gasteiger partial charge in [-0.1, -0.05) is 49.0 Å². The maximum absolute atomic E-state index is 12.2. The predicted octanol–water partition coefficient (Wildman–Crippen LogP) is 4.56. The second-order valence-corrected chi connectivity index (χ2v) is 7.88. The van der Waals surface area contributed by atoms with E-state index in [-0.39, 0.29) is 11.9 Å². The van der Waals surface area contributed by atoms with E-state index in [4.69, 9.17) is 0 Å². The van der Waals surface area contributed by atoms with Gasteiger partial charge in [-0.3, -0.25) is 9.36 Å². The topological polar surface area (TPSA) is 59.8 Å². The molecule has 0 radical (unpaired) electrons. The minimum atomic E-state index is 0.00897. The number of hydrogen-bond acceptors (Lipinski definition) is 4. The van der Waals surface area contributed by atoms with E-state index in [9.17, 15) is 4.79 Å². The lowest BCUT2D eigenvalue weighted by Gasteiger charge is -2.12. The highest BCUT2D eigenvalue weighted by atomic mass is 32.2. The van der Waals surface area contributed by atoms with Gasteiger partial charge in [-0.2, -0.15) is 0 Å². The summed E-state index contributed by atoms with van der Waals surface area (Å²) in [6, 6.07) is 16.5. The molecule has 6 heteroatoms. The smallest absolute Gasteiger partial charge is 0.230 e. The van der Waals surface area contributed by atoms with Crippen molar-refractivity contribution in [1.29, 1.82) is 0 Å². The highest BCUT2D eigenvalue weighted by Gasteiger charge is 2.18. The number of rotatable bonds is 7. The quantitative estimate of drug-likeness (QED) is 0.597. The second kappa shape index (κ2) is 9.06. The Hall–Kier alpha value is -2.60. The van der Waals surface area contributed by atoms with Crippen LogP contribution in [-0.4, -0.2) is 32.5 Å². The summed E-state index contributed by atoms with van der Waals surface area (Å²) in [6.07, 6.45) is 0.910. The molecule has 3 aromatic rings. The summed E-state index contributed by atoms with van der Waals surface area (Å²) in [6.45, 7) is 8.25. The Labute approximate surface area is 170 Å². The number of para-hydroxylation sites is 1. The van der Waals surface area contributed by atoms with Crippen LogP contribution >= 0.6 is 11.8 Å². The molecular weight excluding hydrogens is 368 g/mol. The molecule has 2 aromatic carbocycles. The number of aryl methyl sites for hydroxylation is 2. The van der Waals surface area contributed by atoms with Crippen LogP contribution in [0.15, 0.2) is 53.7 Å².